The fourth-order valence-electron chi connectivity index (χ4n) is 4.29. The van der Waals surface area contributed by atoms with Crippen LogP contribution >= 0.6 is 11.6 Å². The van der Waals surface area contributed by atoms with Crippen LogP contribution in [0.4, 0.5) is 0 Å². The lowest BCUT2D eigenvalue weighted by molar-refractivity contribution is -0.899. The fourth-order valence-corrected chi connectivity index (χ4v) is 4.42. The fraction of sp³-hybridized carbons (Fsp3) is 0.579. The minimum atomic E-state index is 0. The number of rotatable bonds is 4. The number of nitrogens with zero attached hydrogens (tertiary/aromatic N) is 1. The summed E-state index contributed by atoms with van der Waals surface area (Å²) in [7, 11) is 4.68. The third-order valence-electron chi connectivity index (χ3n) is 5.72. The van der Waals surface area contributed by atoms with E-state index in [1.165, 1.54) is 24.9 Å². The first-order valence-electron chi connectivity index (χ1n) is 8.03. The van der Waals surface area contributed by atoms with Crippen LogP contribution in [-0.4, -0.2) is 25.1 Å². The van der Waals surface area contributed by atoms with Gasteiger partial charge in [0.15, 0.2) is 0 Å². The molecule has 3 aliphatic rings. The van der Waals surface area contributed by atoms with Gasteiger partial charge in [-0.2, -0.15) is 0 Å². The molecule has 122 valence electrons. The average molecular weight is 432 g/mol. The van der Waals surface area contributed by atoms with E-state index in [0.29, 0.717) is 5.41 Å². The Morgan fingerprint density at radius 3 is 2.32 bits per heavy atom. The highest BCUT2D eigenvalue weighted by Crippen LogP contribution is 2.59. The molecule has 0 unspecified atom stereocenters. The molecular weight excluding hydrogens is 405 g/mol. The number of halogens is 2. The highest BCUT2D eigenvalue weighted by molar-refractivity contribution is 6.30. The molecule has 0 N–H and O–H groups in total. The van der Waals surface area contributed by atoms with E-state index in [4.69, 9.17) is 11.6 Å². The first kappa shape index (κ1) is 18.3. The molecule has 22 heavy (non-hydrogen) atoms. The second-order valence-corrected chi connectivity index (χ2v) is 8.64. The summed E-state index contributed by atoms with van der Waals surface area (Å²) in [4.78, 5) is 0. The first-order chi connectivity index (χ1) is 9.78. The molecule has 4 rings (SSSR count). The maximum Gasteiger partial charge on any atom is 0.104 e. The highest BCUT2D eigenvalue weighted by atomic mass is 127. The minimum Gasteiger partial charge on any atom is -1.00 e. The van der Waals surface area contributed by atoms with Crippen molar-refractivity contribution in [2.24, 2.45) is 17.3 Å². The summed E-state index contributed by atoms with van der Waals surface area (Å²) in [6, 6.07) is 8.30. The summed E-state index contributed by atoms with van der Waals surface area (Å²) in [5.74, 6) is 1.75. The second-order valence-electron chi connectivity index (χ2n) is 8.20. The molecule has 0 aromatic heterocycles. The van der Waals surface area contributed by atoms with E-state index in [1.54, 1.807) is 5.57 Å². The summed E-state index contributed by atoms with van der Waals surface area (Å²) in [5, 5.41) is 0.821. The number of quaternary nitrogens is 1. The van der Waals surface area contributed by atoms with Crippen molar-refractivity contribution in [3.05, 3.63) is 46.5 Å². The molecule has 0 aliphatic heterocycles. The molecule has 1 saturated carbocycles. The van der Waals surface area contributed by atoms with Crippen molar-refractivity contribution in [1.82, 2.24) is 0 Å². The van der Waals surface area contributed by atoms with Crippen LogP contribution in [0.1, 0.15) is 32.3 Å². The van der Waals surface area contributed by atoms with Crippen LogP contribution in [0, 0.1) is 17.3 Å². The van der Waals surface area contributed by atoms with E-state index in [0.717, 1.165) is 27.9 Å². The molecule has 0 amide bonds. The van der Waals surface area contributed by atoms with E-state index < -0.39 is 0 Å². The van der Waals surface area contributed by atoms with Crippen molar-refractivity contribution in [2.45, 2.75) is 33.2 Å². The average Bonchev–Trinajstić information content (AvgIpc) is 2.40. The van der Waals surface area contributed by atoms with Gasteiger partial charge in [-0.25, -0.2) is 0 Å². The van der Waals surface area contributed by atoms with Gasteiger partial charge in [0.2, 0.25) is 0 Å². The maximum absolute atomic E-state index is 5.98. The minimum absolute atomic E-state index is 0. The van der Waals surface area contributed by atoms with Gasteiger partial charge in [-0.15, -0.1) is 0 Å². The maximum atomic E-state index is 5.98. The number of fused-ring (bicyclic) bond motifs is 1. The molecule has 3 heteroatoms. The van der Waals surface area contributed by atoms with Crippen LogP contribution in [0.15, 0.2) is 35.9 Å². The molecule has 0 heterocycles. The lowest BCUT2D eigenvalue weighted by Gasteiger charge is -2.57. The van der Waals surface area contributed by atoms with Gasteiger partial charge in [-0.1, -0.05) is 43.7 Å². The van der Waals surface area contributed by atoms with Crippen molar-refractivity contribution in [2.75, 3.05) is 20.6 Å². The third-order valence-corrected chi connectivity index (χ3v) is 5.97. The van der Waals surface area contributed by atoms with Crippen LogP contribution in [0.25, 0.3) is 0 Å². The van der Waals surface area contributed by atoms with Crippen molar-refractivity contribution >= 4 is 11.6 Å². The van der Waals surface area contributed by atoms with E-state index in [-0.39, 0.29) is 24.0 Å². The molecule has 2 atom stereocenters. The van der Waals surface area contributed by atoms with Crippen LogP contribution < -0.4 is 24.0 Å². The van der Waals surface area contributed by atoms with Gasteiger partial charge in [0.1, 0.15) is 13.1 Å². The standard InChI is InChI=1S/C19H27ClN.HI/c1-19(2)16-8-7-15(18(19)11-16)13-21(3,4)12-14-5-9-17(20)10-6-14;/h5-7,9-10,16,18H,8,11-13H2,1-4H3;1H/q+1;/p-1/t16-,18-;/m0./s1. The monoisotopic (exact) mass is 431 g/mol. The van der Waals surface area contributed by atoms with Crippen LogP contribution in [-0.2, 0) is 6.54 Å². The van der Waals surface area contributed by atoms with E-state index >= 15 is 0 Å². The van der Waals surface area contributed by atoms with Crippen LogP contribution in [0.5, 0.6) is 0 Å². The number of benzene rings is 1. The predicted molar refractivity (Wildman–Crippen MR) is 90.2 cm³/mol. The normalized spacial score (nSPS) is 25.8. The lowest BCUT2D eigenvalue weighted by atomic mass is 9.49. The van der Waals surface area contributed by atoms with Gasteiger partial charge in [-0.05, 0) is 47.8 Å². The summed E-state index contributed by atoms with van der Waals surface area (Å²) in [5.41, 5.74) is 3.60. The Morgan fingerprint density at radius 1 is 1.14 bits per heavy atom. The summed E-state index contributed by atoms with van der Waals surface area (Å²) in [6.45, 7) is 7.14. The zero-order chi connectivity index (χ0) is 15.3. The van der Waals surface area contributed by atoms with Crippen molar-refractivity contribution in [3.63, 3.8) is 0 Å². The number of hydrogen-bond acceptors (Lipinski definition) is 0. The molecule has 0 spiro atoms. The Bertz CT molecular complexity index is 559. The van der Waals surface area contributed by atoms with E-state index in [1.807, 2.05) is 12.1 Å². The Hall–Kier alpha value is -0.0600. The lowest BCUT2D eigenvalue weighted by Crippen LogP contribution is -3.00. The van der Waals surface area contributed by atoms with Gasteiger partial charge in [0.25, 0.3) is 0 Å². The molecular formula is C19H27ClIN. The van der Waals surface area contributed by atoms with Gasteiger partial charge < -0.3 is 28.5 Å². The molecule has 2 bridgehead atoms. The van der Waals surface area contributed by atoms with Crippen molar-refractivity contribution in [1.29, 1.82) is 0 Å². The molecule has 1 fully saturated rings. The van der Waals surface area contributed by atoms with Crippen molar-refractivity contribution < 1.29 is 28.5 Å². The van der Waals surface area contributed by atoms with Crippen LogP contribution in [0.3, 0.4) is 0 Å². The molecule has 3 aliphatic carbocycles. The molecule has 1 aromatic carbocycles. The SMILES string of the molecule is CC1(C)[C@H]2CC=C(C[N+](C)(C)Cc3ccc(Cl)cc3)[C@@H]1C2.[I-]. The first-order valence-corrected chi connectivity index (χ1v) is 8.41. The summed E-state index contributed by atoms with van der Waals surface area (Å²) < 4.78 is 1.02. The Balaban J connectivity index is 0.00000176. The molecule has 1 aromatic rings. The highest BCUT2D eigenvalue weighted by Gasteiger charge is 2.52. The van der Waals surface area contributed by atoms with Gasteiger partial charge in [0.05, 0.1) is 14.1 Å². The van der Waals surface area contributed by atoms with E-state index in [2.05, 4.69) is 46.2 Å². The molecule has 1 nitrogen and oxygen atoms in total. The largest absolute Gasteiger partial charge is 1.00 e. The Labute approximate surface area is 157 Å². The van der Waals surface area contributed by atoms with E-state index in [9.17, 15) is 0 Å². The predicted octanol–water partition coefficient (Wildman–Crippen LogP) is 1.91. The Kier molecular flexibility index (Phi) is 5.36. The topological polar surface area (TPSA) is 0 Å². The third kappa shape index (κ3) is 3.54. The van der Waals surface area contributed by atoms with Gasteiger partial charge >= 0.3 is 0 Å². The zero-order valence-corrected chi connectivity index (χ0v) is 17.0. The molecule has 0 saturated heterocycles. The second kappa shape index (κ2) is 6.45. The summed E-state index contributed by atoms with van der Waals surface area (Å²) in [6.07, 6.45) is 5.24. The summed E-state index contributed by atoms with van der Waals surface area (Å²) >= 11 is 5.98. The number of likely N-dealkylation sites (N-methyl/N-ethyl adjacent to an activating group) is 1. The zero-order valence-electron chi connectivity index (χ0n) is 14.1. The van der Waals surface area contributed by atoms with Crippen LogP contribution in [0.2, 0.25) is 5.02 Å². The molecule has 0 radical (unpaired) electrons. The van der Waals surface area contributed by atoms with Gasteiger partial charge in [0, 0.05) is 10.6 Å². The number of hydrogen-bond donors (Lipinski definition) is 0. The quantitative estimate of drug-likeness (QED) is 0.388. The van der Waals surface area contributed by atoms with Gasteiger partial charge in [-0.3, -0.25) is 0 Å². The Morgan fingerprint density at radius 2 is 1.77 bits per heavy atom. The smallest absolute Gasteiger partial charge is 0.104 e. The van der Waals surface area contributed by atoms with Crippen molar-refractivity contribution in [3.8, 4) is 0 Å². The number of allylic oxidation sites excluding steroid dienone is 1.